The Labute approximate surface area is 240 Å². The van der Waals surface area contributed by atoms with E-state index in [1.54, 1.807) is 7.11 Å². The number of pyridine rings is 1. The van der Waals surface area contributed by atoms with Gasteiger partial charge in [-0.25, -0.2) is 4.68 Å². The van der Waals surface area contributed by atoms with E-state index >= 15 is 0 Å². The molecular formula is C33H36N6O2. The highest BCUT2D eigenvalue weighted by atomic mass is 16.5. The lowest BCUT2D eigenvalue weighted by molar-refractivity contribution is 0.197. The predicted molar refractivity (Wildman–Crippen MR) is 160 cm³/mol. The number of aromatic amines is 1. The quantitative estimate of drug-likeness (QED) is 0.235. The Hall–Kier alpha value is -4.30. The molecule has 2 aromatic heterocycles. The Morgan fingerprint density at radius 2 is 1.68 bits per heavy atom. The fourth-order valence-corrected chi connectivity index (χ4v) is 6.03. The smallest absolute Gasteiger partial charge is 0.253 e. The van der Waals surface area contributed by atoms with Crippen LogP contribution in [0.2, 0.25) is 0 Å². The summed E-state index contributed by atoms with van der Waals surface area (Å²) in [5.74, 6) is 1.46. The molecule has 1 aliphatic rings. The van der Waals surface area contributed by atoms with Crippen LogP contribution in [0.15, 0.2) is 89.7 Å². The minimum atomic E-state index is -0.449. The standard InChI is InChI=1S/C33H36N6O2/c1-41-28-17-18-30-26(21-28)22-29(33(40)34-30)31(32-35-36-37-39(32)27-15-9-4-10-16-27)38(23-25-13-7-3-8-14-25)20-19-24-11-5-2-6-12-24/h2-3,5-8,11-14,17-18,21-22,27,31H,4,9-10,15-16,19-20,23H2,1H3,(H,34,40)/t31-/m0/s1. The van der Waals surface area contributed by atoms with Gasteiger partial charge >= 0.3 is 0 Å². The van der Waals surface area contributed by atoms with Crippen LogP contribution in [0.1, 0.15) is 66.7 Å². The molecule has 0 radical (unpaired) electrons. The molecular weight excluding hydrogens is 512 g/mol. The second kappa shape index (κ2) is 12.5. The van der Waals surface area contributed by atoms with Gasteiger partial charge in [-0.15, -0.1) is 5.10 Å². The third-order valence-electron chi connectivity index (χ3n) is 8.18. The number of H-pyrrole nitrogens is 1. The number of ether oxygens (including phenoxy) is 1. The van der Waals surface area contributed by atoms with Crippen LogP contribution in [-0.2, 0) is 13.0 Å². The molecule has 0 spiro atoms. The van der Waals surface area contributed by atoms with Crippen LogP contribution in [-0.4, -0.2) is 43.7 Å². The minimum absolute atomic E-state index is 0.136. The normalized spacial score (nSPS) is 14.9. The van der Waals surface area contributed by atoms with E-state index in [0.29, 0.717) is 17.9 Å². The molecule has 0 saturated heterocycles. The fraction of sp³-hybridized carbons (Fsp3) is 0.333. The Morgan fingerprint density at radius 1 is 0.951 bits per heavy atom. The summed E-state index contributed by atoms with van der Waals surface area (Å²) in [7, 11) is 1.65. The number of aromatic nitrogens is 5. The first-order valence-electron chi connectivity index (χ1n) is 14.5. The van der Waals surface area contributed by atoms with Crippen LogP contribution < -0.4 is 10.3 Å². The lowest BCUT2D eigenvalue weighted by atomic mass is 9.95. The van der Waals surface area contributed by atoms with Crippen LogP contribution in [0.3, 0.4) is 0 Å². The van der Waals surface area contributed by atoms with E-state index in [-0.39, 0.29) is 11.6 Å². The minimum Gasteiger partial charge on any atom is -0.497 e. The lowest BCUT2D eigenvalue weighted by Gasteiger charge is -2.32. The van der Waals surface area contributed by atoms with Crippen LogP contribution in [0.25, 0.3) is 10.9 Å². The van der Waals surface area contributed by atoms with Gasteiger partial charge in [0.15, 0.2) is 5.82 Å². The summed E-state index contributed by atoms with van der Waals surface area (Å²) in [6.45, 7) is 1.36. The second-order valence-corrected chi connectivity index (χ2v) is 10.9. The summed E-state index contributed by atoms with van der Waals surface area (Å²) in [5.41, 5.74) is 3.67. The molecule has 1 atom stereocenters. The molecule has 0 unspecified atom stereocenters. The number of hydrogen-bond acceptors (Lipinski definition) is 6. The number of hydrogen-bond donors (Lipinski definition) is 1. The molecule has 1 saturated carbocycles. The van der Waals surface area contributed by atoms with Crippen molar-refractivity contribution >= 4 is 10.9 Å². The first-order chi connectivity index (χ1) is 20.2. The van der Waals surface area contributed by atoms with Gasteiger partial charge in [0.1, 0.15) is 11.8 Å². The van der Waals surface area contributed by atoms with Gasteiger partial charge in [-0.2, -0.15) is 0 Å². The maximum absolute atomic E-state index is 13.9. The highest BCUT2D eigenvalue weighted by Gasteiger charge is 2.33. The molecule has 0 aliphatic heterocycles. The molecule has 1 N–H and O–H groups in total. The van der Waals surface area contributed by atoms with Gasteiger partial charge in [-0.1, -0.05) is 79.9 Å². The van der Waals surface area contributed by atoms with E-state index in [1.807, 2.05) is 41.1 Å². The van der Waals surface area contributed by atoms with Crippen LogP contribution in [0.5, 0.6) is 5.75 Å². The number of fused-ring (bicyclic) bond motifs is 1. The summed E-state index contributed by atoms with van der Waals surface area (Å²) < 4.78 is 7.50. The molecule has 1 fully saturated rings. The lowest BCUT2D eigenvalue weighted by Crippen LogP contribution is -2.37. The molecule has 210 valence electrons. The summed E-state index contributed by atoms with van der Waals surface area (Å²) in [6, 6.07) is 28.3. The molecule has 8 nitrogen and oxygen atoms in total. The third kappa shape index (κ3) is 6.07. The molecule has 3 aromatic carbocycles. The van der Waals surface area contributed by atoms with Crippen LogP contribution >= 0.6 is 0 Å². The number of rotatable bonds is 10. The maximum Gasteiger partial charge on any atom is 0.253 e. The topological polar surface area (TPSA) is 88.9 Å². The highest BCUT2D eigenvalue weighted by Crippen LogP contribution is 2.34. The number of methoxy groups -OCH3 is 1. The number of nitrogens with zero attached hydrogens (tertiary/aromatic N) is 5. The molecule has 41 heavy (non-hydrogen) atoms. The summed E-state index contributed by atoms with van der Waals surface area (Å²) in [4.78, 5) is 19.3. The summed E-state index contributed by atoms with van der Waals surface area (Å²) >= 11 is 0. The monoisotopic (exact) mass is 548 g/mol. The molecule has 5 aromatic rings. The van der Waals surface area contributed by atoms with Crippen molar-refractivity contribution in [1.82, 2.24) is 30.1 Å². The maximum atomic E-state index is 13.9. The van der Waals surface area contributed by atoms with E-state index in [1.165, 1.54) is 17.5 Å². The van der Waals surface area contributed by atoms with Crippen molar-refractivity contribution in [2.45, 2.75) is 57.2 Å². The first kappa shape index (κ1) is 26.9. The fourth-order valence-electron chi connectivity index (χ4n) is 6.03. The Bertz CT molecular complexity index is 1630. The molecule has 8 heteroatoms. The third-order valence-corrected chi connectivity index (χ3v) is 8.18. The summed E-state index contributed by atoms with van der Waals surface area (Å²) in [6.07, 6.45) is 6.46. The highest BCUT2D eigenvalue weighted by molar-refractivity contribution is 5.80. The zero-order valence-corrected chi connectivity index (χ0v) is 23.4. The second-order valence-electron chi connectivity index (χ2n) is 10.9. The van der Waals surface area contributed by atoms with Crippen molar-refractivity contribution < 1.29 is 4.74 Å². The molecule has 1 aliphatic carbocycles. The van der Waals surface area contributed by atoms with Gasteiger partial charge in [0, 0.05) is 29.6 Å². The van der Waals surface area contributed by atoms with E-state index in [4.69, 9.17) is 4.74 Å². The van der Waals surface area contributed by atoms with Crippen molar-refractivity contribution in [3.63, 3.8) is 0 Å². The average molecular weight is 549 g/mol. The average Bonchev–Trinajstić information content (AvgIpc) is 3.51. The van der Waals surface area contributed by atoms with E-state index in [9.17, 15) is 4.79 Å². The van der Waals surface area contributed by atoms with Crippen molar-refractivity contribution in [2.24, 2.45) is 0 Å². The Balaban J connectivity index is 1.49. The van der Waals surface area contributed by atoms with Crippen LogP contribution in [0, 0.1) is 0 Å². The van der Waals surface area contributed by atoms with Crippen LogP contribution in [0.4, 0.5) is 0 Å². The zero-order valence-electron chi connectivity index (χ0n) is 23.4. The van der Waals surface area contributed by atoms with Gasteiger partial charge in [0.25, 0.3) is 5.56 Å². The summed E-state index contributed by atoms with van der Waals surface area (Å²) in [5, 5.41) is 14.2. The van der Waals surface area contributed by atoms with Gasteiger partial charge in [0.2, 0.25) is 0 Å². The molecule has 0 bridgehead atoms. The number of benzene rings is 3. The number of tetrazole rings is 1. The van der Waals surface area contributed by atoms with Crippen molar-refractivity contribution in [2.75, 3.05) is 13.7 Å². The van der Waals surface area contributed by atoms with Crippen molar-refractivity contribution in [3.8, 4) is 5.75 Å². The first-order valence-corrected chi connectivity index (χ1v) is 14.5. The van der Waals surface area contributed by atoms with Crippen molar-refractivity contribution in [1.29, 1.82) is 0 Å². The van der Waals surface area contributed by atoms with Gasteiger partial charge in [-0.05, 0) is 65.1 Å². The molecule has 0 amide bonds. The van der Waals surface area contributed by atoms with E-state index in [2.05, 4.69) is 73.9 Å². The van der Waals surface area contributed by atoms with Gasteiger partial charge in [-0.3, -0.25) is 9.69 Å². The van der Waals surface area contributed by atoms with Crippen molar-refractivity contribution in [3.05, 3.63) is 118 Å². The van der Waals surface area contributed by atoms with Gasteiger partial charge in [0.05, 0.1) is 13.2 Å². The van der Waals surface area contributed by atoms with E-state index < -0.39 is 6.04 Å². The Morgan fingerprint density at radius 3 is 2.41 bits per heavy atom. The Kier molecular flexibility index (Phi) is 8.18. The zero-order chi connectivity index (χ0) is 28.0. The van der Waals surface area contributed by atoms with Gasteiger partial charge < -0.3 is 9.72 Å². The number of nitrogens with one attached hydrogen (secondary N) is 1. The predicted octanol–water partition coefficient (Wildman–Crippen LogP) is 5.86. The van der Waals surface area contributed by atoms with E-state index in [0.717, 1.165) is 55.3 Å². The molecule has 2 heterocycles. The largest absolute Gasteiger partial charge is 0.497 e. The molecule has 6 rings (SSSR count). The SMILES string of the molecule is COc1ccc2[nH]c(=O)c([C@@H](c3nnnn3C3CCCCC3)N(CCc3ccccc3)Cc3ccccc3)cc2c1.